The normalized spacial score (nSPS) is 23.0. The molecule has 1 spiro atoms. The van der Waals surface area contributed by atoms with Gasteiger partial charge in [0.05, 0.1) is 17.5 Å². The molecule has 1 N–H and O–H groups in total. The molecule has 25 heavy (non-hydrogen) atoms. The third-order valence-electron chi connectivity index (χ3n) is 5.05. The third-order valence-corrected chi connectivity index (χ3v) is 5.96. The van der Waals surface area contributed by atoms with Crippen LogP contribution in [0.3, 0.4) is 0 Å². The van der Waals surface area contributed by atoms with Gasteiger partial charge in [-0.3, -0.25) is 9.97 Å². The Labute approximate surface area is 152 Å². The van der Waals surface area contributed by atoms with Crippen molar-refractivity contribution in [1.29, 1.82) is 0 Å². The van der Waals surface area contributed by atoms with Gasteiger partial charge < -0.3 is 14.8 Å². The highest BCUT2D eigenvalue weighted by Crippen LogP contribution is 2.34. The largest absolute Gasteiger partial charge is 0.381 e. The Kier molecular flexibility index (Phi) is 5.36. The highest BCUT2D eigenvalue weighted by molar-refractivity contribution is 7.13. The molecule has 4 rings (SSSR count). The maximum absolute atomic E-state index is 6.11. The summed E-state index contributed by atoms with van der Waals surface area (Å²) in [5.74, 6) is 0. The van der Waals surface area contributed by atoms with Crippen molar-refractivity contribution < 1.29 is 9.47 Å². The van der Waals surface area contributed by atoms with Gasteiger partial charge in [-0.25, -0.2) is 4.98 Å². The first-order chi connectivity index (χ1) is 12.3. The Hall–Kier alpha value is -1.41. The van der Waals surface area contributed by atoms with E-state index in [-0.39, 0.29) is 5.60 Å². The molecule has 134 valence electrons. The van der Waals surface area contributed by atoms with E-state index in [1.165, 1.54) is 0 Å². The van der Waals surface area contributed by atoms with E-state index in [4.69, 9.17) is 9.47 Å². The third kappa shape index (κ3) is 4.23. The van der Waals surface area contributed by atoms with Crippen LogP contribution in [0.25, 0.3) is 10.7 Å². The van der Waals surface area contributed by atoms with Gasteiger partial charge in [-0.15, -0.1) is 11.3 Å². The van der Waals surface area contributed by atoms with Crippen LogP contribution in [0, 0.1) is 0 Å². The number of nitrogens with one attached hydrogen (secondary N) is 1. The second-order valence-electron chi connectivity index (χ2n) is 6.77. The van der Waals surface area contributed by atoms with E-state index in [1.54, 1.807) is 29.9 Å². The van der Waals surface area contributed by atoms with Crippen LogP contribution in [0.5, 0.6) is 0 Å². The summed E-state index contributed by atoms with van der Waals surface area (Å²) in [5, 5.41) is 6.77. The SMILES string of the molecule is c1cnc(-c2nc(CCN[C@@H]3CCOC4(CCOCC4)C3)cs2)cn1. The summed E-state index contributed by atoms with van der Waals surface area (Å²) in [6, 6.07) is 0.532. The van der Waals surface area contributed by atoms with Gasteiger partial charge >= 0.3 is 0 Å². The van der Waals surface area contributed by atoms with Crippen LogP contribution < -0.4 is 5.32 Å². The van der Waals surface area contributed by atoms with Crippen molar-refractivity contribution in [2.45, 2.75) is 43.7 Å². The van der Waals surface area contributed by atoms with Crippen LogP contribution in [-0.2, 0) is 15.9 Å². The summed E-state index contributed by atoms with van der Waals surface area (Å²) in [6.07, 6.45) is 10.3. The predicted octanol–water partition coefficient (Wildman–Crippen LogP) is 2.46. The van der Waals surface area contributed by atoms with E-state index in [2.05, 4.69) is 25.6 Å². The number of rotatable bonds is 5. The molecular formula is C18H24N4O2S. The van der Waals surface area contributed by atoms with Crippen molar-refractivity contribution in [3.05, 3.63) is 29.7 Å². The first-order valence-electron chi connectivity index (χ1n) is 8.99. The van der Waals surface area contributed by atoms with Gasteiger partial charge in [0.15, 0.2) is 0 Å². The minimum atomic E-state index is 0.0495. The molecule has 2 aliphatic rings. The Balaban J connectivity index is 1.27. The summed E-state index contributed by atoms with van der Waals surface area (Å²) in [6.45, 7) is 3.46. The molecule has 0 unspecified atom stereocenters. The summed E-state index contributed by atoms with van der Waals surface area (Å²) >= 11 is 1.63. The Morgan fingerprint density at radius 2 is 2.16 bits per heavy atom. The average molecular weight is 360 g/mol. The second kappa shape index (κ2) is 7.86. The molecule has 2 aromatic rings. The number of hydrogen-bond acceptors (Lipinski definition) is 7. The van der Waals surface area contributed by atoms with Crippen molar-refractivity contribution in [2.75, 3.05) is 26.4 Å². The molecular weight excluding hydrogens is 336 g/mol. The number of aromatic nitrogens is 3. The van der Waals surface area contributed by atoms with Crippen LogP contribution in [-0.4, -0.2) is 53.0 Å². The van der Waals surface area contributed by atoms with Crippen LogP contribution in [0.15, 0.2) is 24.0 Å². The topological polar surface area (TPSA) is 69.2 Å². The molecule has 2 fully saturated rings. The van der Waals surface area contributed by atoms with Crippen LogP contribution in [0.1, 0.15) is 31.4 Å². The molecule has 4 heterocycles. The van der Waals surface area contributed by atoms with E-state index in [1.807, 2.05) is 0 Å². The van der Waals surface area contributed by atoms with Gasteiger partial charge in [0.1, 0.15) is 10.7 Å². The number of hydrogen-bond donors (Lipinski definition) is 1. The number of thiazole rings is 1. The maximum Gasteiger partial charge on any atom is 0.143 e. The number of nitrogens with zero attached hydrogens (tertiary/aromatic N) is 3. The predicted molar refractivity (Wildman–Crippen MR) is 96.6 cm³/mol. The lowest BCUT2D eigenvalue weighted by Crippen LogP contribution is -2.50. The van der Waals surface area contributed by atoms with E-state index >= 15 is 0 Å². The van der Waals surface area contributed by atoms with Crippen molar-refractivity contribution in [2.24, 2.45) is 0 Å². The first kappa shape index (κ1) is 17.0. The van der Waals surface area contributed by atoms with Gasteiger partial charge in [0, 0.05) is 56.6 Å². The number of ether oxygens (including phenoxy) is 2. The Morgan fingerprint density at radius 1 is 1.24 bits per heavy atom. The maximum atomic E-state index is 6.11. The van der Waals surface area contributed by atoms with E-state index in [0.717, 1.165) is 74.9 Å². The van der Waals surface area contributed by atoms with Gasteiger partial charge in [-0.05, 0) is 25.7 Å². The Bertz CT molecular complexity index is 667. The quantitative estimate of drug-likeness (QED) is 0.883. The van der Waals surface area contributed by atoms with Crippen molar-refractivity contribution >= 4 is 11.3 Å². The van der Waals surface area contributed by atoms with Gasteiger partial charge in [-0.2, -0.15) is 0 Å². The molecule has 0 aromatic carbocycles. The fraction of sp³-hybridized carbons (Fsp3) is 0.611. The molecule has 0 saturated carbocycles. The minimum absolute atomic E-state index is 0.0495. The van der Waals surface area contributed by atoms with Gasteiger partial charge in [-0.1, -0.05) is 0 Å². The van der Waals surface area contributed by atoms with Crippen LogP contribution in [0.2, 0.25) is 0 Å². The standard InChI is InChI=1S/C18H24N4O2S/c1(15-13-25-17(22-15)16-12-19-6-7-21-16)5-20-14-2-8-24-18(11-14)3-9-23-10-4-18/h6-7,12-14,20H,1-5,8-11H2/t14-/m1/s1. The van der Waals surface area contributed by atoms with Crippen molar-refractivity contribution in [3.63, 3.8) is 0 Å². The molecule has 7 heteroatoms. The molecule has 1 atom stereocenters. The zero-order valence-corrected chi connectivity index (χ0v) is 15.1. The fourth-order valence-corrected chi connectivity index (χ4v) is 4.46. The lowest BCUT2D eigenvalue weighted by Gasteiger charge is -2.43. The lowest BCUT2D eigenvalue weighted by atomic mass is 9.84. The highest BCUT2D eigenvalue weighted by atomic mass is 32.1. The second-order valence-corrected chi connectivity index (χ2v) is 7.63. The summed E-state index contributed by atoms with van der Waals surface area (Å²) in [4.78, 5) is 13.1. The Morgan fingerprint density at radius 3 is 3.00 bits per heavy atom. The minimum Gasteiger partial charge on any atom is -0.381 e. The van der Waals surface area contributed by atoms with Crippen LogP contribution in [0.4, 0.5) is 0 Å². The van der Waals surface area contributed by atoms with Crippen LogP contribution >= 0.6 is 11.3 Å². The lowest BCUT2D eigenvalue weighted by molar-refractivity contribution is -0.140. The zero-order valence-electron chi connectivity index (χ0n) is 14.3. The molecule has 0 bridgehead atoms. The summed E-state index contributed by atoms with van der Waals surface area (Å²) in [5.41, 5.74) is 2.01. The molecule has 2 aliphatic heterocycles. The molecule has 2 saturated heterocycles. The first-order valence-corrected chi connectivity index (χ1v) is 9.87. The molecule has 2 aromatic heterocycles. The fourth-order valence-electron chi connectivity index (χ4n) is 3.65. The van der Waals surface area contributed by atoms with Gasteiger partial charge in [0.2, 0.25) is 0 Å². The van der Waals surface area contributed by atoms with Crippen molar-refractivity contribution in [1.82, 2.24) is 20.3 Å². The van der Waals surface area contributed by atoms with E-state index in [0.29, 0.717) is 6.04 Å². The summed E-state index contributed by atoms with van der Waals surface area (Å²) in [7, 11) is 0. The molecule has 6 nitrogen and oxygen atoms in total. The highest BCUT2D eigenvalue weighted by Gasteiger charge is 2.38. The van der Waals surface area contributed by atoms with Crippen molar-refractivity contribution in [3.8, 4) is 10.7 Å². The molecule has 0 radical (unpaired) electrons. The smallest absolute Gasteiger partial charge is 0.143 e. The monoisotopic (exact) mass is 360 g/mol. The summed E-state index contributed by atoms with van der Waals surface area (Å²) < 4.78 is 11.6. The van der Waals surface area contributed by atoms with Gasteiger partial charge in [0.25, 0.3) is 0 Å². The van der Waals surface area contributed by atoms with E-state index in [9.17, 15) is 0 Å². The molecule has 0 aliphatic carbocycles. The zero-order chi connectivity index (χ0) is 17.0. The average Bonchev–Trinajstić information content (AvgIpc) is 3.12. The van der Waals surface area contributed by atoms with E-state index < -0.39 is 0 Å². The molecule has 0 amide bonds.